The van der Waals surface area contributed by atoms with E-state index < -0.39 is 11.5 Å². The summed E-state index contributed by atoms with van der Waals surface area (Å²) in [5.74, 6) is -0.609. The largest absolute Gasteiger partial charge is 0.457 e. The summed E-state index contributed by atoms with van der Waals surface area (Å²) in [5, 5.41) is 0. The number of benzene rings is 1. The molecule has 0 aliphatic rings. The van der Waals surface area contributed by atoms with E-state index in [-0.39, 0.29) is 17.9 Å². The molecule has 0 spiro atoms. The molecule has 0 aliphatic carbocycles. The fourth-order valence-corrected chi connectivity index (χ4v) is 1.47. The second-order valence-electron chi connectivity index (χ2n) is 3.70. The maximum atomic E-state index is 11.7. The van der Waals surface area contributed by atoms with Gasteiger partial charge in [0.15, 0.2) is 0 Å². The fourth-order valence-electron chi connectivity index (χ4n) is 1.47. The van der Waals surface area contributed by atoms with Crippen LogP contribution >= 0.6 is 0 Å². The summed E-state index contributed by atoms with van der Waals surface area (Å²) in [6, 6.07) is 10.7. The normalized spacial score (nSPS) is 10.0. The minimum absolute atomic E-state index is 0.0784. The van der Waals surface area contributed by atoms with Crippen molar-refractivity contribution >= 4 is 11.7 Å². The van der Waals surface area contributed by atoms with Gasteiger partial charge in [-0.1, -0.05) is 30.3 Å². The molecular weight excluding hydrogens is 232 g/mol. The molecule has 3 N–H and O–H groups in total. The highest BCUT2D eigenvalue weighted by Gasteiger charge is 2.13. The molecule has 1 aromatic heterocycles. The highest BCUT2D eigenvalue weighted by Crippen LogP contribution is 2.08. The van der Waals surface area contributed by atoms with Crippen molar-refractivity contribution < 1.29 is 9.53 Å². The van der Waals surface area contributed by atoms with Crippen molar-refractivity contribution in [1.82, 2.24) is 4.98 Å². The van der Waals surface area contributed by atoms with Crippen LogP contribution in [0.5, 0.6) is 0 Å². The standard InChI is InChI=1S/C13H12N2O3/c14-11-10(6-7-15-12(11)16)13(17)18-8-9-4-2-1-3-5-9/h1-7H,8,14H2,(H,15,16). The lowest BCUT2D eigenvalue weighted by Crippen LogP contribution is -2.17. The highest BCUT2D eigenvalue weighted by molar-refractivity contribution is 5.94. The molecule has 0 radical (unpaired) electrons. The minimum atomic E-state index is -0.609. The van der Waals surface area contributed by atoms with Crippen molar-refractivity contribution in [1.29, 1.82) is 0 Å². The van der Waals surface area contributed by atoms with Crippen molar-refractivity contribution in [2.24, 2.45) is 0 Å². The Bertz CT molecular complexity index is 605. The van der Waals surface area contributed by atoms with E-state index in [1.54, 1.807) is 0 Å². The molecule has 5 heteroatoms. The first-order chi connectivity index (χ1) is 8.68. The van der Waals surface area contributed by atoms with Gasteiger partial charge in [0.2, 0.25) is 0 Å². The molecule has 0 aliphatic heterocycles. The number of nitrogens with two attached hydrogens (primary N) is 1. The van der Waals surface area contributed by atoms with E-state index in [0.717, 1.165) is 5.56 Å². The van der Waals surface area contributed by atoms with Gasteiger partial charge in [0, 0.05) is 6.20 Å². The predicted octanol–water partition coefficient (Wildman–Crippen LogP) is 1.31. The summed E-state index contributed by atoms with van der Waals surface area (Å²) in [5.41, 5.74) is 5.83. The lowest BCUT2D eigenvalue weighted by molar-refractivity contribution is 0.0473. The third kappa shape index (κ3) is 2.57. The third-order valence-corrected chi connectivity index (χ3v) is 2.43. The van der Waals surface area contributed by atoms with Gasteiger partial charge in [0.1, 0.15) is 12.3 Å². The number of carbonyl (C=O) groups is 1. The molecule has 0 amide bonds. The predicted molar refractivity (Wildman–Crippen MR) is 67.0 cm³/mol. The summed E-state index contributed by atoms with van der Waals surface area (Å²) in [6.45, 7) is 0.145. The molecular formula is C13H12N2O3. The van der Waals surface area contributed by atoms with Crippen molar-refractivity contribution in [3.63, 3.8) is 0 Å². The third-order valence-electron chi connectivity index (χ3n) is 2.43. The highest BCUT2D eigenvalue weighted by atomic mass is 16.5. The van der Waals surface area contributed by atoms with E-state index in [0.29, 0.717) is 0 Å². The minimum Gasteiger partial charge on any atom is -0.457 e. The number of esters is 1. The molecule has 0 fully saturated rings. The smallest absolute Gasteiger partial charge is 0.340 e. The number of H-pyrrole nitrogens is 1. The van der Waals surface area contributed by atoms with Crippen LogP contribution in [0.2, 0.25) is 0 Å². The Hall–Kier alpha value is -2.56. The Morgan fingerprint density at radius 3 is 2.67 bits per heavy atom. The Morgan fingerprint density at radius 2 is 1.94 bits per heavy atom. The summed E-state index contributed by atoms with van der Waals surface area (Å²) >= 11 is 0. The van der Waals surface area contributed by atoms with Gasteiger partial charge in [0.25, 0.3) is 5.56 Å². The van der Waals surface area contributed by atoms with Crippen LogP contribution in [0.3, 0.4) is 0 Å². The number of hydrogen-bond donors (Lipinski definition) is 2. The van der Waals surface area contributed by atoms with Crippen molar-refractivity contribution in [2.75, 3.05) is 5.73 Å². The van der Waals surface area contributed by atoms with E-state index in [1.807, 2.05) is 30.3 Å². The molecule has 2 rings (SSSR count). The van der Waals surface area contributed by atoms with Gasteiger partial charge in [-0.3, -0.25) is 4.79 Å². The Kier molecular flexibility index (Phi) is 3.43. The Labute approximate surface area is 103 Å². The van der Waals surface area contributed by atoms with Crippen LogP contribution < -0.4 is 11.3 Å². The number of ether oxygens (including phenoxy) is 1. The second-order valence-corrected chi connectivity index (χ2v) is 3.70. The van der Waals surface area contributed by atoms with Gasteiger partial charge in [-0.2, -0.15) is 0 Å². The lowest BCUT2D eigenvalue weighted by atomic mass is 10.2. The van der Waals surface area contributed by atoms with E-state index in [1.165, 1.54) is 12.3 Å². The topological polar surface area (TPSA) is 85.2 Å². The number of anilines is 1. The number of pyridine rings is 1. The zero-order chi connectivity index (χ0) is 13.0. The van der Waals surface area contributed by atoms with Gasteiger partial charge in [-0.25, -0.2) is 4.79 Å². The second kappa shape index (κ2) is 5.18. The molecule has 5 nitrogen and oxygen atoms in total. The lowest BCUT2D eigenvalue weighted by Gasteiger charge is -2.06. The van der Waals surface area contributed by atoms with E-state index in [9.17, 15) is 9.59 Å². The van der Waals surface area contributed by atoms with E-state index in [4.69, 9.17) is 10.5 Å². The van der Waals surface area contributed by atoms with Gasteiger partial charge >= 0.3 is 5.97 Å². The number of aromatic amines is 1. The number of rotatable bonds is 3. The molecule has 0 unspecified atom stereocenters. The molecule has 92 valence electrons. The quantitative estimate of drug-likeness (QED) is 0.797. The molecule has 18 heavy (non-hydrogen) atoms. The van der Waals surface area contributed by atoms with E-state index in [2.05, 4.69) is 4.98 Å². The van der Waals surface area contributed by atoms with E-state index >= 15 is 0 Å². The number of carbonyl (C=O) groups excluding carboxylic acids is 1. The van der Waals surface area contributed by atoms with Gasteiger partial charge < -0.3 is 15.5 Å². The summed E-state index contributed by atoms with van der Waals surface area (Å²) in [6.07, 6.45) is 1.36. The zero-order valence-electron chi connectivity index (χ0n) is 9.55. The maximum Gasteiger partial charge on any atom is 0.340 e. The van der Waals surface area contributed by atoms with Crippen molar-refractivity contribution in [3.05, 3.63) is 64.1 Å². The molecule has 1 heterocycles. The van der Waals surface area contributed by atoms with Crippen LogP contribution in [-0.4, -0.2) is 11.0 Å². The van der Waals surface area contributed by atoms with Crippen molar-refractivity contribution in [2.45, 2.75) is 6.61 Å². The average molecular weight is 244 g/mol. The first kappa shape index (κ1) is 11.9. The molecule has 0 saturated carbocycles. The Balaban J connectivity index is 2.09. The zero-order valence-corrected chi connectivity index (χ0v) is 9.55. The van der Waals surface area contributed by atoms with Crippen LogP contribution in [0, 0.1) is 0 Å². The average Bonchev–Trinajstić information content (AvgIpc) is 2.40. The number of nitrogen functional groups attached to an aromatic ring is 1. The van der Waals surface area contributed by atoms with Crippen LogP contribution in [0.4, 0.5) is 5.69 Å². The first-order valence-corrected chi connectivity index (χ1v) is 5.36. The maximum absolute atomic E-state index is 11.7. The summed E-state index contributed by atoms with van der Waals surface area (Å²) in [4.78, 5) is 25.3. The van der Waals surface area contributed by atoms with Crippen LogP contribution in [0.1, 0.15) is 15.9 Å². The Morgan fingerprint density at radius 1 is 1.22 bits per heavy atom. The summed E-state index contributed by atoms with van der Waals surface area (Å²) < 4.78 is 5.08. The van der Waals surface area contributed by atoms with Crippen LogP contribution in [-0.2, 0) is 11.3 Å². The molecule has 1 aromatic carbocycles. The number of aromatic nitrogens is 1. The molecule has 0 saturated heterocycles. The SMILES string of the molecule is Nc1c(C(=O)OCc2ccccc2)cc[nH]c1=O. The first-order valence-electron chi connectivity index (χ1n) is 5.36. The summed E-state index contributed by atoms with van der Waals surface area (Å²) in [7, 11) is 0. The van der Waals surface area contributed by atoms with Crippen LogP contribution in [0.15, 0.2) is 47.4 Å². The molecule has 0 atom stereocenters. The van der Waals surface area contributed by atoms with Gasteiger partial charge in [0.05, 0.1) is 5.56 Å². The molecule has 0 bridgehead atoms. The van der Waals surface area contributed by atoms with Crippen molar-refractivity contribution in [3.8, 4) is 0 Å². The number of nitrogens with one attached hydrogen (secondary N) is 1. The van der Waals surface area contributed by atoms with Gasteiger partial charge in [-0.05, 0) is 11.6 Å². The van der Waals surface area contributed by atoms with Crippen LogP contribution in [0.25, 0.3) is 0 Å². The van der Waals surface area contributed by atoms with Gasteiger partial charge in [-0.15, -0.1) is 0 Å². The monoisotopic (exact) mass is 244 g/mol. The fraction of sp³-hybridized carbons (Fsp3) is 0.0769. The molecule has 2 aromatic rings. The number of hydrogen-bond acceptors (Lipinski definition) is 4.